The average molecular weight is 209 g/mol. The first-order valence-electron chi connectivity index (χ1n) is 4.60. The zero-order valence-corrected chi connectivity index (χ0v) is 8.31. The lowest BCUT2D eigenvalue weighted by molar-refractivity contribution is 1.06. The van der Waals surface area contributed by atoms with Crippen LogP contribution in [0.2, 0.25) is 0 Å². The Kier molecular flexibility index (Phi) is 2.62. The van der Waals surface area contributed by atoms with Gasteiger partial charge in [0.15, 0.2) is 0 Å². The van der Waals surface area contributed by atoms with Crippen LogP contribution in [0.15, 0.2) is 29.5 Å². The van der Waals surface area contributed by atoms with Gasteiger partial charge in [-0.25, -0.2) is 4.98 Å². The molecule has 1 N–H and O–H groups in total. The molecule has 0 atom stereocenters. The van der Waals surface area contributed by atoms with Gasteiger partial charge in [0.2, 0.25) is 5.71 Å². The SMILES string of the molecule is N#CC(C#N)=NCc1cnc2[nH]ccc2c1. The third-order valence-corrected chi connectivity index (χ3v) is 2.09. The Morgan fingerprint density at radius 1 is 1.44 bits per heavy atom. The molecule has 0 aliphatic carbocycles. The molecule has 2 heterocycles. The maximum Gasteiger partial charge on any atom is 0.213 e. The molecule has 0 radical (unpaired) electrons. The zero-order chi connectivity index (χ0) is 11.4. The van der Waals surface area contributed by atoms with Crippen molar-refractivity contribution < 1.29 is 0 Å². The first kappa shape index (κ1) is 9.88. The molecule has 0 aromatic carbocycles. The summed E-state index contributed by atoms with van der Waals surface area (Å²) >= 11 is 0. The normalized spacial score (nSPS) is 9.38. The number of pyridine rings is 1. The van der Waals surface area contributed by atoms with Crippen LogP contribution in [0.25, 0.3) is 11.0 Å². The first-order valence-corrected chi connectivity index (χ1v) is 4.60. The van der Waals surface area contributed by atoms with E-state index in [2.05, 4.69) is 15.0 Å². The van der Waals surface area contributed by atoms with Crippen molar-refractivity contribution in [1.29, 1.82) is 10.5 Å². The van der Waals surface area contributed by atoms with Crippen molar-refractivity contribution in [2.75, 3.05) is 0 Å². The highest BCUT2D eigenvalue weighted by molar-refractivity contribution is 6.10. The highest BCUT2D eigenvalue weighted by Crippen LogP contribution is 2.11. The summed E-state index contributed by atoms with van der Waals surface area (Å²) in [5.74, 6) is 0. The van der Waals surface area contributed by atoms with Gasteiger partial charge in [0.25, 0.3) is 0 Å². The molecule has 0 saturated heterocycles. The Morgan fingerprint density at radius 3 is 3.00 bits per heavy atom. The van der Waals surface area contributed by atoms with E-state index in [1.54, 1.807) is 24.5 Å². The zero-order valence-electron chi connectivity index (χ0n) is 8.31. The van der Waals surface area contributed by atoms with Crippen molar-refractivity contribution in [3.05, 3.63) is 30.1 Å². The standard InChI is InChI=1S/C11H7N5/c12-4-10(5-13)15-6-8-3-9-1-2-14-11(9)16-7-8/h1-3,7H,6H2,(H,14,16). The minimum atomic E-state index is -0.117. The Morgan fingerprint density at radius 2 is 2.25 bits per heavy atom. The van der Waals surface area contributed by atoms with Crippen molar-refractivity contribution in [3.63, 3.8) is 0 Å². The van der Waals surface area contributed by atoms with E-state index in [-0.39, 0.29) is 5.71 Å². The first-order chi connectivity index (χ1) is 7.83. The van der Waals surface area contributed by atoms with Crippen LogP contribution in [0.4, 0.5) is 0 Å². The summed E-state index contributed by atoms with van der Waals surface area (Å²) in [6, 6.07) is 7.27. The molecule has 16 heavy (non-hydrogen) atoms. The fourth-order valence-electron chi connectivity index (χ4n) is 1.34. The number of nitrogens with one attached hydrogen (secondary N) is 1. The molecule has 0 unspecified atom stereocenters. The van der Waals surface area contributed by atoms with Gasteiger partial charge in [-0.05, 0) is 17.7 Å². The Bertz CT molecular complexity index is 608. The highest BCUT2D eigenvalue weighted by atomic mass is 14.8. The predicted octanol–water partition coefficient (Wildman–Crippen LogP) is 1.55. The summed E-state index contributed by atoms with van der Waals surface area (Å²) in [6.45, 7) is 0.296. The third kappa shape index (κ3) is 1.89. The lowest BCUT2D eigenvalue weighted by Gasteiger charge is -1.95. The molecule has 2 aromatic rings. The van der Waals surface area contributed by atoms with Crippen LogP contribution < -0.4 is 0 Å². The van der Waals surface area contributed by atoms with E-state index >= 15 is 0 Å². The maximum atomic E-state index is 8.52. The molecule has 0 spiro atoms. The lowest BCUT2D eigenvalue weighted by Crippen LogP contribution is -1.91. The van der Waals surface area contributed by atoms with Gasteiger partial charge in [0.1, 0.15) is 17.8 Å². The van der Waals surface area contributed by atoms with Gasteiger partial charge >= 0.3 is 0 Å². The molecule has 0 saturated carbocycles. The van der Waals surface area contributed by atoms with E-state index in [9.17, 15) is 0 Å². The van der Waals surface area contributed by atoms with E-state index in [4.69, 9.17) is 10.5 Å². The summed E-state index contributed by atoms with van der Waals surface area (Å²) in [7, 11) is 0. The van der Waals surface area contributed by atoms with Gasteiger partial charge in [-0.15, -0.1) is 0 Å². The van der Waals surface area contributed by atoms with Crippen LogP contribution in [0.3, 0.4) is 0 Å². The molecule has 2 aromatic heterocycles. The molecule has 5 nitrogen and oxygen atoms in total. The highest BCUT2D eigenvalue weighted by Gasteiger charge is 1.99. The minimum Gasteiger partial charge on any atom is -0.346 e. The molecule has 5 heteroatoms. The molecular weight excluding hydrogens is 202 g/mol. The largest absolute Gasteiger partial charge is 0.346 e. The number of nitrogens with zero attached hydrogens (tertiary/aromatic N) is 4. The molecule has 0 fully saturated rings. The van der Waals surface area contributed by atoms with E-state index in [0.717, 1.165) is 16.6 Å². The number of H-pyrrole nitrogens is 1. The second-order valence-electron chi connectivity index (χ2n) is 3.15. The second kappa shape index (κ2) is 4.24. The van der Waals surface area contributed by atoms with E-state index in [0.29, 0.717) is 6.54 Å². The van der Waals surface area contributed by atoms with Crippen LogP contribution in [0.1, 0.15) is 5.56 Å². The smallest absolute Gasteiger partial charge is 0.213 e. The van der Waals surface area contributed by atoms with Crippen molar-refractivity contribution in [2.24, 2.45) is 4.99 Å². The number of hydrogen-bond donors (Lipinski definition) is 1. The van der Waals surface area contributed by atoms with Crippen molar-refractivity contribution in [2.45, 2.75) is 6.54 Å². The summed E-state index contributed by atoms with van der Waals surface area (Å²) in [6.07, 6.45) is 3.48. The van der Waals surface area contributed by atoms with Gasteiger partial charge in [-0.1, -0.05) is 0 Å². The Labute approximate surface area is 91.7 Å². The number of aromatic nitrogens is 2. The number of nitriles is 2. The summed E-state index contributed by atoms with van der Waals surface area (Å²) < 4.78 is 0. The summed E-state index contributed by atoms with van der Waals surface area (Å²) in [5.41, 5.74) is 1.57. The van der Waals surface area contributed by atoms with Crippen LogP contribution in [-0.4, -0.2) is 15.7 Å². The average Bonchev–Trinajstić information content (AvgIpc) is 2.77. The minimum absolute atomic E-state index is 0.117. The summed E-state index contributed by atoms with van der Waals surface area (Å²) in [4.78, 5) is 11.0. The number of aliphatic imine (C=N–C) groups is 1. The predicted molar refractivity (Wildman–Crippen MR) is 58.5 cm³/mol. The van der Waals surface area contributed by atoms with Crippen molar-refractivity contribution in [1.82, 2.24) is 9.97 Å². The van der Waals surface area contributed by atoms with Gasteiger partial charge < -0.3 is 4.98 Å². The molecule has 0 bridgehead atoms. The molecular formula is C11H7N5. The van der Waals surface area contributed by atoms with E-state index in [1.807, 2.05) is 12.1 Å². The topological polar surface area (TPSA) is 88.6 Å². The van der Waals surface area contributed by atoms with Gasteiger partial charge in [-0.2, -0.15) is 10.5 Å². The molecule has 76 valence electrons. The number of aromatic amines is 1. The molecule has 2 rings (SSSR count). The van der Waals surface area contributed by atoms with E-state index in [1.165, 1.54) is 0 Å². The number of fused-ring (bicyclic) bond motifs is 1. The van der Waals surface area contributed by atoms with Gasteiger partial charge in [-0.3, -0.25) is 4.99 Å². The fraction of sp³-hybridized carbons (Fsp3) is 0.0909. The number of hydrogen-bond acceptors (Lipinski definition) is 4. The Balaban J connectivity index is 2.26. The van der Waals surface area contributed by atoms with Crippen LogP contribution in [0.5, 0.6) is 0 Å². The summed E-state index contributed by atoms with van der Waals surface area (Å²) in [5, 5.41) is 18.0. The number of rotatable bonds is 2. The quantitative estimate of drug-likeness (QED) is 0.761. The monoisotopic (exact) mass is 209 g/mol. The molecule has 0 aliphatic rings. The fourth-order valence-corrected chi connectivity index (χ4v) is 1.34. The van der Waals surface area contributed by atoms with E-state index < -0.39 is 0 Å². The molecule has 0 amide bonds. The Hall–Kier alpha value is -2.66. The van der Waals surface area contributed by atoms with Crippen LogP contribution >= 0.6 is 0 Å². The third-order valence-electron chi connectivity index (χ3n) is 2.09. The second-order valence-corrected chi connectivity index (χ2v) is 3.15. The van der Waals surface area contributed by atoms with Crippen LogP contribution in [-0.2, 0) is 6.54 Å². The lowest BCUT2D eigenvalue weighted by atomic mass is 10.2. The van der Waals surface area contributed by atoms with Gasteiger partial charge in [0, 0.05) is 17.8 Å². The van der Waals surface area contributed by atoms with Crippen molar-refractivity contribution >= 4 is 16.7 Å². The molecule has 0 aliphatic heterocycles. The van der Waals surface area contributed by atoms with Crippen LogP contribution in [0, 0.1) is 22.7 Å². The van der Waals surface area contributed by atoms with Crippen molar-refractivity contribution in [3.8, 4) is 12.1 Å². The van der Waals surface area contributed by atoms with Gasteiger partial charge in [0.05, 0.1) is 6.54 Å². The maximum absolute atomic E-state index is 8.52.